The van der Waals surface area contributed by atoms with Gasteiger partial charge in [-0.1, -0.05) is 53.5 Å². The molecule has 0 aliphatic heterocycles. The molecule has 0 bridgehead atoms. The third-order valence-corrected chi connectivity index (χ3v) is 7.19. The molecule has 0 unspecified atom stereocenters. The van der Waals surface area contributed by atoms with Crippen LogP contribution in [0.4, 0.5) is 17.1 Å². The Labute approximate surface area is 222 Å². The zero-order valence-electron chi connectivity index (χ0n) is 19.4. The molecule has 1 amide bonds. The summed E-state index contributed by atoms with van der Waals surface area (Å²) in [7, 11) is -3.11. The van der Waals surface area contributed by atoms with Crippen LogP contribution in [-0.4, -0.2) is 31.1 Å². The molecule has 0 heterocycles. The largest absolute Gasteiger partial charge is 0.505 e. The predicted molar refractivity (Wildman–Crippen MR) is 142 cm³/mol. The van der Waals surface area contributed by atoms with E-state index in [1.54, 1.807) is 42.5 Å². The van der Waals surface area contributed by atoms with Crippen LogP contribution in [0, 0.1) is 6.92 Å². The minimum atomic E-state index is -4.54. The Bertz CT molecular complexity index is 1670. The van der Waals surface area contributed by atoms with E-state index >= 15 is 0 Å². The topological polar surface area (TPSA) is 138 Å². The van der Waals surface area contributed by atoms with Crippen LogP contribution in [0.1, 0.15) is 15.9 Å². The fraction of sp³-hybridized carbons (Fsp3) is 0.0800. The molecule has 0 spiro atoms. The van der Waals surface area contributed by atoms with Gasteiger partial charge in [0.25, 0.3) is 16.0 Å². The second-order valence-electron chi connectivity index (χ2n) is 7.86. The molecule has 12 heteroatoms. The minimum absolute atomic E-state index is 0.00186. The van der Waals surface area contributed by atoms with Crippen molar-refractivity contribution >= 4 is 67.1 Å². The highest BCUT2D eigenvalue weighted by atomic mass is 35.5. The number of nitrogens with zero attached hydrogens (tertiary/aromatic N) is 2. The Morgan fingerprint density at radius 1 is 1.00 bits per heavy atom. The molecule has 4 aromatic carbocycles. The van der Waals surface area contributed by atoms with Crippen LogP contribution in [0.3, 0.4) is 0 Å². The maximum atomic E-state index is 13.2. The summed E-state index contributed by atoms with van der Waals surface area (Å²) >= 11 is 12.3. The highest BCUT2D eigenvalue weighted by molar-refractivity contribution is 7.86. The van der Waals surface area contributed by atoms with Gasteiger partial charge in [-0.15, -0.1) is 5.11 Å². The van der Waals surface area contributed by atoms with Crippen molar-refractivity contribution in [1.82, 2.24) is 0 Å². The quantitative estimate of drug-likeness (QED) is 0.170. The third kappa shape index (κ3) is 5.37. The molecule has 0 saturated carbocycles. The Kier molecular flexibility index (Phi) is 7.37. The van der Waals surface area contributed by atoms with Crippen LogP contribution in [0.2, 0.25) is 10.0 Å². The second-order valence-corrected chi connectivity index (χ2v) is 10.0. The number of aryl methyl sites for hydroxylation is 1. The normalized spacial score (nSPS) is 11.7. The monoisotopic (exact) mass is 559 g/mol. The van der Waals surface area contributed by atoms with E-state index in [2.05, 4.69) is 15.5 Å². The number of benzene rings is 4. The van der Waals surface area contributed by atoms with E-state index in [4.69, 9.17) is 27.9 Å². The van der Waals surface area contributed by atoms with Crippen molar-refractivity contribution in [3.63, 3.8) is 0 Å². The van der Waals surface area contributed by atoms with Gasteiger partial charge < -0.3 is 15.2 Å². The van der Waals surface area contributed by atoms with Gasteiger partial charge in [-0.25, -0.2) is 0 Å². The fourth-order valence-corrected chi connectivity index (χ4v) is 5.31. The Hall–Kier alpha value is -3.70. The molecule has 0 aliphatic rings. The van der Waals surface area contributed by atoms with E-state index in [1.807, 2.05) is 0 Å². The second kappa shape index (κ2) is 10.3. The lowest BCUT2D eigenvalue weighted by atomic mass is 10.0. The lowest BCUT2D eigenvalue weighted by Gasteiger charge is -2.14. The number of hydrogen-bond donors (Lipinski definition) is 3. The van der Waals surface area contributed by atoms with Crippen LogP contribution in [0.15, 0.2) is 75.8 Å². The number of ether oxygens (including phenoxy) is 1. The van der Waals surface area contributed by atoms with Crippen molar-refractivity contribution in [2.75, 3.05) is 12.4 Å². The molecule has 0 aliphatic carbocycles. The minimum Gasteiger partial charge on any atom is -0.505 e. The number of aromatic hydroxyl groups is 1. The number of carbonyl (C=O) groups is 1. The molecule has 4 aromatic rings. The summed E-state index contributed by atoms with van der Waals surface area (Å²) in [5.41, 5.74) is 0.456. The van der Waals surface area contributed by atoms with Gasteiger partial charge in [0.1, 0.15) is 22.0 Å². The maximum Gasteiger partial charge on any atom is 0.296 e. The molecule has 37 heavy (non-hydrogen) atoms. The number of amides is 1. The van der Waals surface area contributed by atoms with Crippen molar-refractivity contribution < 1.29 is 27.6 Å². The summed E-state index contributed by atoms with van der Waals surface area (Å²) in [5, 5.41) is 23.1. The Balaban J connectivity index is 1.80. The van der Waals surface area contributed by atoms with Crippen LogP contribution in [0.25, 0.3) is 10.8 Å². The molecule has 0 fully saturated rings. The molecular formula is C25H19Cl2N3O6S. The van der Waals surface area contributed by atoms with Gasteiger partial charge >= 0.3 is 0 Å². The third-order valence-electron chi connectivity index (χ3n) is 5.41. The lowest BCUT2D eigenvalue weighted by Crippen LogP contribution is -2.13. The summed E-state index contributed by atoms with van der Waals surface area (Å²) in [6.45, 7) is 1.44. The van der Waals surface area contributed by atoms with Crippen LogP contribution < -0.4 is 10.1 Å². The first kappa shape index (κ1) is 26.4. The standard InChI is InChI=1S/C25H19Cl2N3O6S/c1-13-10-15(12-19(27)24(13)37(33,34)35)29-30-21-16-7-4-3-6-14(16)11-17(23(21)31)25(32)28-22-18(26)8-5-9-20(22)36-2/h3-12,31H,1-2H3,(H,28,32)(H,33,34,35). The number of phenols is 1. The van der Waals surface area contributed by atoms with E-state index < -0.39 is 26.7 Å². The van der Waals surface area contributed by atoms with Gasteiger partial charge in [0.15, 0.2) is 5.75 Å². The van der Waals surface area contributed by atoms with Crippen molar-refractivity contribution in [3.8, 4) is 11.5 Å². The molecule has 9 nitrogen and oxygen atoms in total. The van der Waals surface area contributed by atoms with E-state index in [9.17, 15) is 22.9 Å². The predicted octanol–water partition coefficient (Wildman–Crippen LogP) is 7.08. The highest BCUT2D eigenvalue weighted by Gasteiger charge is 2.21. The van der Waals surface area contributed by atoms with Crippen molar-refractivity contribution in [3.05, 3.63) is 81.8 Å². The number of azo groups is 1. The number of fused-ring (bicyclic) bond motifs is 1. The van der Waals surface area contributed by atoms with Crippen molar-refractivity contribution in [2.24, 2.45) is 10.2 Å². The molecule has 0 aromatic heterocycles. The number of anilines is 1. The number of methoxy groups -OCH3 is 1. The maximum absolute atomic E-state index is 13.2. The van der Waals surface area contributed by atoms with Crippen molar-refractivity contribution in [2.45, 2.75) is 11.8 Å². The summed E-state index contributed by atoms with van der Waals surface area (Å²) in [6, 6.07) is 15.9. The van der Waals surface area contributed by atoms with Crippen LogP contribution in [0.5, 0.6) is 11.5 Å². The van der Waals surface area contributed by atoms with Crippen LogP contribution in [-0.2, 0) is 10.1 Å². The molecule has 4 rings (SSSR count). The summed E-state index contributed by atoms with van der Waals surface area (Å²) in [5.74, 6) is -0.771. The number of phenolic OH excluding ortho intramolecular Hbond substituents is 1. The summed E-state index contributed by atoms with van der Waals surface area (Å²) in [6.07, 6.45) is 0. The average molecular weight is 560 g/mol. The zero-order valence-corrected chi connectivity index (χ0v) is 21.7. The summed E-state index contributed by atoms with van der Waals surface area (Å²) < 4.78 is 37.8. The average Bonchev–Trinajstić information content (AvgIpc) is 2.83. The molecule has 3 N–H and O–H groups in total. The van der Waals surface area contributed by atoms with Gasteiger partial charge in [0.05, 0.1) is 28.4 Å². The first-order valence-electron chi connectivity index (χ1n) is 10.6. The fourth-order valence-electron chi connectivity index (χ4n) is 3.77. The molecule has 0 radical (unpaired) electrons. The number of carbonyl (C=O) groups excluding carboxylic acids is 1. The van der Waals surface area contributed by atoms with Gasteiger partial charge in [-0.05, 0) is 48.2 Å². The lowest BCUT2D eigenvalue weighted by molar-refractivity contribution is 0.102. The van der Waals surface area contributed by atoms with Gasteiger partial charge in [0.2, 0.25) is 0 Å². The number of nitrogens with one attached hydrogen (secondary N) is 1. The smallest absolute Gasteiger partial charge is 0.296 e. The van der Waals surface area contributed by atoms with Gasteiger partial charge in [-0.3, -0.25) is 9.35 Å². The zero-order chi connectivity index (χ0) is 26.9. The number of para-hydroxylation sites is 1. The van der Waals surface area contributed by atoms with E-state index in [1.165, 1.54) is 32.2 Å². The molecular weight excluding hydrogens is 541 g/mol. The van der Waals surface area contributed by atoms with Crippen molar-refractivity contribution in [1.29, 1.82) is 0 Å². The Morgan fingerprint density at radius 3 is 2.41 bits per heavy atom. The van der Waals surface area contributed by atoms with Crippen LogP contribution >= 0.6 is 23.2 Å². The molecule has 190 valence electrons. The molecule has 0 atom stereocenters. The SMILES string of the molecule is COc1cccc(Cl)c1NC(=O)c1cc2ccccc2c(N=Nc2cc(C)c(S(=O)(=O)O)c(Cl)c2)c1O. The van der Waals surface area contributed by atoms with E-state index in [-0.39, 0.29) is 38.2 Å². The summed E-state index contributed by atoms with van der Waals surface area (Å²) in [4.78, 5) is 12.8. The number of halogens is 2. The first-order chi connectivity index (χ1) is 17.5. The van der Waals surface area contributed by atoms with E-state index in [0.717, 1.165) is 0 Å². The molecule has 0 saturated heterocycles. The number of hydrogen-bond acceptors (Lipinski definition) is 7. The van der Waals surface area contributed by atoms with E-state index in [0.29, 0.717) is 16.5 Å². The highest BCUT2D eigenvalue weighted by Crippen LogP contribution is 2.41. The Morgan fingerprint density at radius 2 is 1.73 bits per heavy atom. The van der Waals surface area contributed by atoms with Gasteiger partial charge in [0, 0.05) is 5.39 Å². The first-order valence-corrected chi connectivity index (χ1v) is 12.8. The number of rotatable bonds is 6. The van der Waals surface area contributed by atoms with Gasteiger partial charge in [-0.2, -0.15) is 13.5 Å².